The highest BCUT2D eigenvalue weighted by molar-refractivity contribution is 5.91. The van der Waals surface area contributed by atoms with Gasteiger partial charge in [-0.25, -0.2) is 9.59 Å². The monoisotopic (exact) mass is 264 g/mol. The zero-order chi connectivity index (χ0) is 13.8. The summed E-state index contributed by atoms with van der Waals surface area (Å²) in [6.07, 6.45) is 4.80. The molecule has 0 atom stereocenters. The van der Waals surface area contributed by atoms with Gasteiger partial charge in [0, 0.05) is 17.4 Å². The Bertz CT molecular complexity index is 423. The molecule has 4 saturated carbocycles. The molecule has 4 aliphatic rings. The second kappa shape index (κ2) is 4.09. The van der Waals surface area contributed by atoms with Crippen molar-refractivity contribution in [2.45, 2.75) is 44.6 Å². The number of carboxylic acid groups (broad SMARTS) is 1. The minimum atomic E-state index is -1.29. The molecule has 4 bridgehead atoms. The molecule has 0 aromatic carbocycles. The highest BCUT2D eigenvalue weighted by Gasteiger charge is 2.64. The second-order valence-electron chi connectivity index (χ2n) is 6.57. The summed E-state index contributed by atoms with van der Waals surface area (Å²) in [5.41, 5.74) is -1.02. The lowest BCUT2D eigenvalue weighted by Crippen LogP contribution is -2.63. The maximum atomic E-state index is 11.9. The van der Waals surface area contributed by atoms with Crippen LogP contribution in [0.15, 0.2) is 12.2 Å². The first-order valence-electron chi connectivity index (χ1n) is 7.05. The minimum absolute atomic E-state index is 0.00968. The van der Waals surface area contributed by atoms with Gasteiger partial charge >= 0.3 is 11.9 Å². The average Bonchev–Trinajstić information content (AvgIpc) is 2.32. The summed E-state index contributed by atoms with van der Waals surface area (Å²) < 4.78 is 5.50. The summed E-state index contributed by atoms with van der Waals surface area (Å²) in [7, 11) is 0. The molecule has 0 unspecified atom stereocenters. The zero-order valence-electron chi connectivity index (χ0n) is 11.2. The van der Waals surface area contributed by atoms with Gasteiger partial charge in [0.15, 0.2) is 0 Å². The van der Waals surface area contributed by atoms with E-state index in [-0.39, 0.29) is 17.4 Å². The fourth-order valence-electron chi connectivity index (χ4n) is 4.68. The Morgan fingerprint density at radius 3 is 1.95 bits per heavy atom. The third kappa shape index (κ3) is 1.72. The molecule has 0 heterocycles. The second-order valence-corrected chi connectivity index (χ2v) is 6.57. The molecule has 4 aliphatic carbocycles. The fraction of sp³-hybridized carbons (Fsp3) is 0.733. The van der Waals surface area contributed by atoms with Gasteiger partial charge in [0.1, 0.15) is 0 Å². The lowest BCUT2D eigenvalue weighted by Gasteiger charge is -2.57. The van der Waals surface area contributed by atoms with Gasteiger partial charge < -0.3 is 9.84 Å². The van der Waals surface area contributed by atoms with E-state index in [1.54, 1.807) is 6.92 Å². The Hall–Kier alpha value is -1.32. The summed E-state index contributed by atoms with van der Waals surface area (Å²) in [5, 5.41) is 9.72. The summed E-state index contributed by atoms with van der Waals surface area (Å²) in [6.45, 7) is 5.12. The van der Waals surface area contributed by atoms with Crippen LogP contribution in [-0.2, 0) is 14.3 Å². The highest BCUT2D eigenvalue weighted by Crippen LogP contribution is 2.59. The van der Waals surface area contributed by atoms with E-state index in [1.807, 2.05) is 0 Å². The van der Waals surface area contributed by atoms with Gasteiger partial charge in [-0.3, -0.25) is 0 Å². The molecular weight excluding hydrogens is 244 g/mol. The van der Waals surface area contributed by atoms with Gasteiger partial charge in [0.25, 0.3) is 0 Å². The standard InChI is InChI=1S/C15H20O4/c1-8(2)13(16)19-15(14(17)18)11-4-9-3-10(6-11)7-12(15)5-9/h9-12H,1,3-7H2,2H3,(H,17,18). The number of ether oxygens (including phenoxy) is 1. The van der Waals surface area contributed by atoms with Gasteiger partial charge in [0.05, 0.1) is 0 Å². The van der Waals surface area contributed by atoms with Crippen LogP contribution in [0.4, 0.5) is 0 Å². The first-order chi connectivity index (χ1) is 8.93. The summed E-state index contributed by atoms with van der Waals surface area (Å²) in [4.78, 5) is 23.7. The first-order valence-corrected chi connectivity index (χ1v) is 7.05. The lowest BCUT2D eigenvalue weighted by atomic mass is 9.49. The van der Waals surface area contributed by atoms with Crippen LogP contribution in [0.25, 0.3) is 0 Å². The van der Waals surface area contributed by atoms with Crippen molar-refractivity contribution in [3.8, 4) is 0 Å². The molecule has 0 aromatic heterocycles. The van der Waals surface area contributed by atoms with E-state index in [2.05, 4.69) is 6.58 Å². The lowest BCUT2D eigenvalue weighted by molar-refractivity contribution is -0.219. The topological polar surface area (TPSA) is 63.6 Å². The van der Waals surface area contributed by atoms with E-state index in [0.717, 1.165) is 25.7 Å². The van der Waals surface area contributed by atoms with Gasteiger partial charge in [-0.2, -0.15) is 0 Å². The van der Waals surface area contributed by atoms with Crippen molar-refractivity contribution in [3.05, 3.63) is 12.2 Å². The number of hydrogen-bond donors (Lipinski definition) is 1. The predicted molar refractivity (Wildman–Crippen MR) is 68.3 cm³/mol. The number of hydrogen-bond acceptors (Lipinski definition) is 3. The molecule has 4 nitrogen and oxygen atoms in total. The maximum absolute atomic E-state index is 11.9. The third-order valence-electron chi connectivity index (χ3n) is 5.30. The van der Waals surface area contributed by atoms with E-state index >= 15 is 0 Å². The molecule has 4 heteroatoms. The number of carboxylic acids is 1. The number of carbonyl (C=O) groups excluding carboxylic acids is 1. The van der Waals surface area contributed by atoms with Crippen LogP contribution in [-0.4, -0.2) is 22.6 Å². The zero-order valence-corrected chi connectivity index (χ0v) is 11.2. The summed E-state index contributed by atoms with van der Waals surface area (Å²) in [5.74, 6) is -0.267. The molecule has 0 spiro atoms. The van der Waals surface area contributed by atoms with Crippen molar-refractivity contribution in [2.75, 3.05) is 0 Å². The molecule has 0 aromatic rings. The van der Waals surface area contributed by atoms with Crippen molar-refractivity contribution in [3.63, 3.8) is 0 Å². The molecule has 19 heavy (non-hydrogen) atoms. The Morgan fingerprint density at radius 2 is 1.58 bits per heavy atom. The molecular formula is C15H20O4. The van der Waals surface area contributed by atoms with E-state index in [9.17, 15) is 14.7 Å². The van der Waals surface area contributed by atoms with Crippen LogP contribution < -0.4 is 0 Å². The van der Waals surface area contributed by atoms with Crippen LogP contribution in [0, 0.1) is 23.7 Å². The van der Waals surface area contributed by atoms with Crippen molar-refractivity contribution < 1.29 is 19.4 Å². The number of esters is 1. The Morgan fingerprint density at radius 1 is 1.11 bits per heavy atom. The van der Waals surface area contributed by atoms with Crippen molar-refractivity contribution >= 4 is 11.9 Å². The fourth-order valence-corrected chi connectivity index (χ4v) is 4.68. The minimum Gasteiger partial charge on any atom is -0.478 e. The molecule has 0 amide bonds. The van der Waals surface area contributed by atoms with E-state index < -0.39 is 17.5 Å². The molecule has 104 valence electrons. The van der Waals surface area contributed by atoms with Gasteiger partial charge in [-0.15, -0.1) is 0 Å². The SMILES string of the molecule is C=C(C)C(=O)OC1(C(=O)O)C2CC3CC(C2)CC1C3. The smallest absolute Gasteiger partial charge is 0.348 e. The largest absolute Gasteiger partial charge is 0.478 e. The van der Waals surface area contributed by atoms with Crippen molar-refractivity contribution in [1.29, 1.82) is 0 Å². The summed E-state index contributed by atoms with van der Waals surface area (Å²) in [6, 6.07) is 0. The Balaban J connectivity index is 1.95. The average molecular weight is 264 g/mol. The van der Waals surface area contributed by atoms with Crippen LogP contribution in [0.2, 0.25) is 0 Å². The molecule has 0 aliphatic heterocycles. The Kier molecular flexibility index (Phi) is 2.73. The van der Waals surface area contributed by atoms with Crippen LogP contribution >= 0.6 is 0 Å². The van der Waals surface area contributed by atoms with Crippen LogP contribution in [0.1, 0.15) is 39.0 Å². The quantitative estimate of drug-likeness (QED) is 0.628. The number of carbonyl (C=O) groups is 2. The normalized spacial score (nSPS) is 43.0. The van der Waals surface area contributed by atoms with Gasteiger partial charge in [-0.1, -0.05) is 6.58 Å². The predicted octanol–water partition coefficient (Wildman–Crippen LogP) is 2.39. The highest BCUT2D eigenvalue weighted by atomic mass is 16.6. The molecule has 4 fully saturated rings. The van der Waals surface area contributed by atoms with Crippen LogP contribution in [0.3, 0.4) is 0 Å². The summed E-state index contributed by atoms with van der Waals surface area (Å²) >= 11 is 0. The van der Waals surface area contributed by atoms with E-state index in [1.165, 1.54) is 6.42 Å². The van der Waals surface area contributed by atoms with E-state index in [4.69, 9.17) is 4.74 Å². The van der Waals surface area contributed by atoms with E-state index in [0.29, 0.717) is 11.8 Å². The van der Waals surface area contributed by atoms with Gasteiger partial charge in [0.2, 0.25) is 5.60 Å². The van der Waals surface area contributed by atoms with Crippen LogP contribution in [0.5, 0.6) is 0 Å². The Labute approximate surface area is 112 Å². The third-order valence-corrected chi connectivity index (χ3v) is 5.30. The van der Waals surface area contributed by atoms with Gasteiger partial charge in [-0.05, 0) is 50.9 Å². The molecule has 1 N–H and O–H groups in total. The number of rotatable bonds is 3. The number of aliphatic carboxylic acids is 1. The maximum Gasteiger partial charge on any atom is 0.348 e. The van der Waals surface area contributed by atoms with Crippen molar-refractivity contribution in [1.82, 2.24) is 0 Å². The molecule has 0 saturated heterocycles. The first kappa shape index (κ1) is 12.7. The molecule has 0 radical (unpaired) electrons. The van der Waals surface area contributed by atoms with Crippen molar-refractivity contribution in [2.24, 2.45) is 23.7 Å². The molecule has 4 rings (SSSR count).